The summed E-state index contributed by atoms with van der Waals surface area (Å²) in [6, 6.07) is 4.05. The zero-order chi connectivity index (χ0) is 14.3. The lowest BCUT2D eigenvalue weighted by Crippen LogP contribution is -2.42. The highest BCUT2D eigenvalue weighted by Gasteiger charge is 2.31. The molecule has 0 radical (unpaired) electrons. The smallest absolute Gasteiger partial charge is 0.117 e. The summed E-state index contributed by atoms with van der Waals surface area (Å²) < 4.78 is 5.47. The molecule has 1 aromatic heterocycles. The van der Waals surface area contributed by atoms with Gasteiger partial charge in [-0.25, -0.2) is 0 Å². The molecule has 1 aliphatic rings. The van der Waals surface area contributed by atoms with E-state index in [1.54, 1.807) is 6.26 Å². The Hall–Kier alpha value is -0.800. The van der Waals surface area contributed by atoms with Gasteiger partial charge in [-0.1, -0.05) is 32.6 Å². The molecule has 3 heteroatoms. The number of hydrogen-bond donors (Lipinski definition) is 1. The van der Waals surface area contributed by atoms with Gasteiger partial charge in [0, 0.05) is 13.1 Å². The molecular formula is C17H30N2O. The Bertz CT molecular complexity index is 353. The van der Waals surface area contributed by atoms with Crippen molar-refractivity contribution in [3.63, 3.8) is 0 Å². The van der Waals surface area contributed by atoms with E-state index in [1.165, 1.54) is 45.1 Å². The van der Waals surface area contributed by atoms with Crippen LogP contribution in [-0.2, 0) is 6.54 Å². The Balaban J connectivity index is 1.94. The van der Waals surface area contributed by atoms with Crippen molar-refractivity contribution >= 4 is 0 Å². The van der Waals surface area contributed by atoms with Crippen molar-refractivity contribution in [3.8, 4) is 0 Å². The Morgan fingerprint density at radius 2 is 2.00 bits per heavy atom. The van der Waals surface area contributed by atoms with Crippen molar-refractivity contribution in [2.75, 3.05) is 26.7 Å². The van der Waals surface area contributed by atoms with Gasteiger partial charge in [-0.15, -0.1) is 0 Å². The molecule has 0 bridgehead atoms. The van der Waals surface area contributed by atoms with Crippen LogP contribution in [0.15, 0.2) is 22.8 Å². The highest BCUT2D eigenvalue weighted by atomic mass is 16.3. The standard InChI is InChI=1S/C17H30N2O/c1-3-18-14-17(10-6-4-5-7-11-17)15-19(2)13-16-9-8-12-20-16/h8-9,12,18H,3-7,10-11,13-15H2,1-2H3. The second kappa shape index (κ2) is 7.84. The number of rotatable bonds is 7. The largest absolute Gasteiger partial charge is 0.468 e. The maximum absolute atomic E-state index is 5.47. The molecular weight excluding hydrogens is 248 g/mol. The Morgan fingerprint density at radius 1 is 1.25 bits per heavy atom. The molecule has 1 fully saturated rings. The van der Waals surface area contributed by atoms with Crippen LogP contribution in [0.5, 0.6) is 0 Å². The number of nitrogens with one attached hydrogen (secondary N) is 1. The Morgan fingerprint density at radius 3 is 2.60 bits per heavy atom. The monoisotopic (exact) mass is 278 g/mol. The minimum atomic E-state index is 0.452. The van der Waals surface area contributed by atoms with E-state index in [2.05, 4.69) is 30.3 Å². The van der Waals surface area contributed by atoms with Crippen molar-refractivity contribution in [2.24, 2.45) is 5.41 Å². The highest BCUT2D eigenvalue weighted by Crippen LogP contribution is 2.35. The summed E-state index contributed by atoms with van der Waals surface area (Å²) >= 11 is 0. The summed E-state index contributed by atoms with van der Waals surface area (Å²) in [4.78, 5) is 2.43. The van der Waals surface area contributed by atoms with Gasteiger partial charge in [-0.2, -0.15) is 0 Å². The molecule has 3 nitrogen and oxygen atoms in total. The van der Waals surface area contributed by atoms with E-state index >= 15 is 0 Å². The van der Waals surface area contributed by atoms with Gasteiger partial charge in [0.2, 0.25) is 0 Å². The van der Waals surface area contributed by atoms with Gasteiger partial charge in [-0.3, -0.25) is 4.90 Å². The van der Waals surface area contributed by atoms with E-state index in [0.717, 1.165) is 25.4 Å². The van der Waals surface area contributed by atoms with Crippen LogP contribution < -0.4 is 5.32 Å². The van der Waals surface area contributed by atoms with E-state index in [9.17, 15) is 0 Å². The van der Waals surface area contributed by atoms with Crippen molar-refractivity contribution in [2.45, 2.75) is 52.0 Å². The summed E-state index contributed by atoms with van der Waals surface area (Å²) in [6.45, 7) is 6.52. The molecule has 0 unspecified atom stereocenters. The lowest BCUT2D eigenvalue weighted by atomic mass is 9.79. The minimum absolute atomic E-state index is 0.452. The maximum Gasteiger partial charge on any atom is 0.117 e. The average molecular weight is 278 g/mol. The minimum Gasteiger partial charge on any atom is -0.468 e. The second-order valence-electron chi connectivity index (χ2n) is 6.45. The zero-order valence-corrected chi connectivity index (χ0v) is 13.2. The van der Waals surface area contributed by atoms with Crippen LogP contribution in [0.2, 0.25) is 0 Å². The third-order valence-electron chi connectivity index (χ3n) is 4.53. The summed E-state index contributed by atoms with van der Waals surface area (Å²) in [5.74, 6) is 1.07. The fourth-order valence-electron chi connectivity index (χ4n) is 3.56. The first-order valence-electron chi connectivity index (χ1n) is 8.16. The summed E-state index contributed by atoms with van der Waals surface area (Å²) in [5.41, 5.74) is 0.452. The van der Waals surface area contributed by atoms with Gasteiger partial charge in [0.15, 0.2) is 0 Å². The molecule has 0 spiro atoms. The van der Waals surface area contributed by atoms with Gasteiger partial charge in [0.05, 0.1) is 12.8 Å². The normalized spacial score (nSPS) is 19.1. The van der Waals surface area contributed by atoms with Crippen molar-refractivity contribution in [3.05, 3.63) is 24.2 Å². The fraction of sp³-hybridized carbons (Fsp3) is 0.765. The molecule has 0 amide bonds. The lowest BCUT2D eigenvalue weighted by Gasteiger charge is -2.36. The third kappa shape index (κ3) is 4.64. The van der Waals surface area contributed by atoms with Crippen molar-refractivity contribution < 1.29 is 4.42 Å². The highest BCUT2D eigenvalue weighted by molar-refractivity contribution is 4.98. The van der Waals surface area contributed by atoms with Gasteiger partial charge in [0.1, 0.15) is 5.76 Å². The maximum atomic E-state index is 5.47. The van der Waals surface area contributed by atoms with E-state index in [-0.39, 0.29) is 0 Å². The topological polar surface area (TPSA) is 28.4 Å². The van der Waals surface area contributed by atoms with Crippen molar-refractivity contribution in [1.29, 1.82) is 0 Å². The molecule has 0 atom stereocenters. The number of furan rings is 1. The van der Waals surface area contributed by atoms with E-state index in [4.69, 9.17) is 4.42 Å². The molecule has 1 heterocycles. The molecule has 1 saturated carbocycles. The summed E-state index contributed by atoms with van der Waals surface area (Å²) in [5, 5.41) is 3.60. The average Bonchev–Trinajstić information content (AvgIpc) is 2.82. The van der Waals surface area contributed by atoms with Crippen LogP contribution in [0.1, 0.15) is 51.2 Å². The predicted octanol–water partition coefficient (Wildman–Crippen LogP) is 3.66. The molecule has 0 aromatic carbocycles. The lowest BCUT2D eigenvalue weighted by molar-refractivity contribution is 0.137. The van der Waals surface area contributed by atoms with E-state index < -0.39 is 0 Å². The van der Waals surface area contributed by atoms with Crippen LogP contribution in [-0.4, -0.2) is 31.6 Å². The second-order valence-corrected chi connectivity index (χ2v) is 6.45. The molecule has 1 aromatic rings. The number of hydrogen-bond acceptors (Lipinski definition) is 3. The predicted molar refractivity (Wildman–Crippen MR) is 83.7 cm³/mol. The van der Waals surface area contributed by atoms with Crippen LogP contribution in [0.3, 0.4) is 0 Å². The molecule has 114 valence electrons. The van der Waals surface area contributed by atoms with Gasteiger partial charge >= 0.3 is 0 Å². The zero-order valence-electron chi connectivity index (χ0n) is 13.2. The third-order valence-corrected chi connectivity index (χ3v) is 4.53. The van der Waals surface area contributed by atoms with Crippen LogP contribution in [0, 0.1) is 5.41 Å². The Labute approximate surface area is 123 Å². The first kappa shape index (κ1) is 15.6. The molecule has 1 N–H and O–H groups in total. The molecule has 1 aliphatic carbocycles. The molecule has 0 aliphatic heterocycles. The SMILES string of the molecule is CCNCC1(CN(C)Cc2ccco2)CCCCCC1. The van der Waals surface area contributed by atoms with E-state index in [0.29, 0.717) is 5.41 Å². The van der Waals surface area contributed by atoms with Gasteiger partial charge in [-0.05, 0) is 44.0 Å². The van der Waals surface area contributed by atoms with Gasteiger partial charge < -0.3 is 9.73 Å². The van der Waals surface area contributed by atoms with Gasteiger partial charge in [0.25, 0.3) is 0 Å². The molecule has 20 heavy (non-hydrogen) atoms. The molecule has 0 saturated heterocycles. The van der Waals surface area contributed by atoms with E-state index in [1.807, 2.05) is 6.07 Å². The first-order valence-corrected chi connectivity index (χ1v) is 8.16. The number of nitrogens with zero attached hydrogens (tertiary/aromatic N) is 1. The van der Waals surface area contributed by atoms with Crippen LogP contribution in [0.25, 0.3) is 0 Å². The fourth-order valence-corrected chi connectivity index (χ4v) is 3.56. The quantitative estimate of drug-likeness (QED) is 0.772. The summed E-state index contributed by atoms with van der Waals surface area (Å²) in [6.07, 6.45) is 10.1. The first-order chi connectivity index (χ1) is 9.74. The molecule has 2 rings (SSSR count). The van der Waals surface area contributed by atoms with Crippen LogP contribution in [0.4, 0.5) is 0 Å². The summed E-state index contributed by atoms with van der Waals surface area (Å²) in [7, 11) is 2.22. The van der Waals surface area contributed by atoms with Crippen LogP contribution >= 0.6 is 0 Å². The van der Waals surface area contributed by atoms with Crippen molar-refractivity contribution in [1.82, 2.24) is 10.2 Å². The Kier molecular flexibility index (Phi) is 6.11.